The highest BCUT2D eigenvalue weighted by molar-refractivity contribution is 6.08. The molecule has 0 unspecified atom stereocenters. The molecule has 2 aromatic carbocycles. The first-order valence-electron chi connectivity index (χ1n) is 8.75. The normalized spacial score (nSPS) is 11.6. The zero-order valence-electron chi connectivity index (χ0n) is 15.5. The molecule has 2 heterocycles. The molecule has 1 aliphatic heterocycles. The zero-order chi connectivity index (χ0) is 20.2. The molecule has 8 heteroatoms. The maximum atomic E-state index is 12.6. The summed E-state index contributed by atoms with van der Waals surface area (Å²) in [5.74, 6) is 0.886. The fourth-order valence-corrected chi connectivity index (χ4v) is 2.81. The van der Waals surface area contributed by atoms with E-state index in [9.17, 15) is 9.59 Å². The SMILES string of the molecule is COc1ccccc1NC(=O)c1ccnc(C(=O)Nc2ccc3c(c2)OCO3)c1. The van der Waals surface area contributed by atoms with Gasteiger partial charge in [-0.25, -0.2) is 0 Å². The molecule has 1 aromatic heterocycles. The van der Waals surface area contributed by atoms with E-state index in [4.69, 9.17) is 14.2 Å². The van der Waals surface area contributed by atoms with Gasteiger partial charge in [-0.15, -0.1) is 0 Å². The third-order valence-electron chi connectivity index (χ3n) is 4.24. The number of para-hydroxylation sites is 2. The van der Waals surface area contributed by atoms with E-state index in [0.29, 0.717) is 34.2 Å². The van der Waals surface area contributed by atoms with Crippen LogP contribution >= 0.6 is 0 Å². The third-order valence-corrected chi connectivity index (χ3v) is 4.24. The van der Waals surface area contributed by atoms with Crippen LogP contribution in [0.5, 0.6) is 17.2 Å². The number of aromatic nitrogens is 1. The number of hydrogen-bond acceptors (Lipinski definition) is 6. The second-order valence-electron chi connectivity index (χ2n) is 6.11. The molecule has 1 aliphatic rings. The van der Waals surface area contributed by atoms with Gasteiger partial charge in [-0.3, -0.25) is 14.6 Å². The number of nitrogens with zero attached hydrogens (tertiary/aromatic N) is 1. The number of hydrogen-bond donors (Lipinski definition) is 2. The average Bonchev–Trinajstić information content (AvgIpc) is 3.22. The van der Waals surface area contributed by atoms with Crippen molar-refractivity contribution in [1.82, 2.24) is 4.98 Å². The lowest BCUT2D eigenvalue weighted by Crippen LogP contribution is -2.17. The highest BCUT2D eigenvalue weighted by atomic mass is 16.7. The average molecular weight is 391 g/mol. The number of carbonyl (C=O) groups is 2. The summed E-state index contributed by atoms with van der Waals surface area (Å²) in [4.78, 5) is 29.2. The number of pyridine rings is 1. The summed E-state index contributed by atoms with van der Waals surface area (Å²) in [6.45, 7) is 0.150. The lowest BCUT2D eigenvalue weighted by Gasteiger charge is -2.10. The zero-order valence-corrected chi connectivity index (χ0v) is 15.5. The standard InChI is InChI=1S/C21H17N3O5/c1-27-17-5-3-2-4-15(17)24-20(25)13-8-9-22-16(10-13)21(26)23-14-6-7-18-19(11-14)29-12-28-18/h2-11H,12H2,1H3,(H,23,26)(H,24,25). The maximum Gasteiger partial charge on any atom is 0.274 e. The van der Waals surface area contributed by atoms with Gasteiger partial charge in [0.25, 0.3) is 11.8 Å². The molecule has 0 fully saturated rings. The van der Waals surface area contributed by atoms with E-state index in [2.05, 4.69) is 15.6 Å². The highest BCUT2D eigenvalue weighted by Crippen LogP contribution is 2.34. The van der Waals surface area contributed by atoms with Crippen molar-refractivity contribution in [2.45, 2.75) is 0 Å². The molecular weight excluding hydrogens is 374 g/mol. The van der Waals surface area contributed by atoms with Crippen molar-refractivity contribution >= 4 is 23.2 Å². The molecule has 0 aliphatic carbocycles. The monoisotopic (exact) mass is 391 g/mol. The van der Waals surface area contributed by atoms with E-state index in [1.165, 1.54) is 25.4 Å². The summed E-state index contributed by atoms with van der Waals surface area (Å²) in [6, 6.07) is 15.1. The van der Waals surface area contributed by atoms with Gasteiger partial charge in [0.15, 0.2) is 11.5 Å². The number of nitrogens with one attached hydrogen (secondary N) is 2. The first kappa shape index (κ1) is 18.3. The Morgan fingerprint density at radius 2 is 1.79 bits per heavy atom. The molecule has 0 atom stereocenters. The first-order chi connectivity index (χ1) is 14.1. The number of methoxy groups -OCH3 is 1. The number of carbonyl (C=O) groups excluding carboxylic acids is 2. The Balaban J connectivity index is 1.49. The second-order valence-corrected chi connectivity index (χ2v) is 6.11. The van der Waals surface area contributed by atoms with E-state index in [1.807, 2.05) is 0 Å². The minimum Gasteiger partial charge on any atom is -0.495 e. The number of ether oxygens (including phenoxy) is 3. The molecule has 4 rings (SSSR count). The van der Waals surface area contributed by atoms with Gasteiger partial charge in [-0.1, -0.05) is 12.1 Å². The Morgan fingerprint density at radius 1 is 0.966 bits per heavy atom. The van der Waals surface area contributed by atoms with E-state index in [0.717, 1.165) is 0 Å². The molecule has 8 nitrogen and oxygen atoms in total. The Bertz CT molecular complexity index is 1080. The summed E-state index contributed by atoms with van der Waals surface area (Å²) in [5, 5.41) is 5.50. The van der Waals surface area contributed by atoms with Gasteiger partial charge < -0.3 is 24.8 Å². The molecule has 0 saturated carbocycles. The Labute approximate surface area is 166 Å². The van der Waals surface area contributed by atoms with Gasteiger partial charge in [0, 0.05) is 23.5 Å². The van der Waals surface area contributed by atoms with Crippen molar-refractivity contribution in [3.63, 3.8) is 0 Å². The predicted octanol–water partition coefficient (Wildman–Crippen LogP) is 3.32. The number of fused-ring (bicyclic) bond motifs is 1. The minimum absolute atomic E-state index is 0.107. The highest BCUT2D eigenvalue weighted by Gasteiger charge is 2.16. The van der Waals surface area contributed by atoms with Crippen LogP contribution in [0, 0.1) is 0 Å². The van der Waals surface area contributed by atoms with Crippen LogP contribution in [0.4, 0.5) is 11.4 Å². The smallest absolute Gasteiger partial charge is 0.274 e. The summed E-state index contributed by atoms with van der Waals surface area (Å²) < 4.78 is 15.8. The van der Waals surface area contributed by atoms with Gasteiger partial charge in [-0.2, -0.15) is 0 Å². The summed E-state index contributed by atoms with van der Waals surface area (Å²) in [5.41, 5.74) is 1.46. The molecule has 0 saturated heterocycles. The molecule has 2 amide bonds. The largest absolute Gasteiger partial charge is 0.495 e. The van der Waals surface area contributed by atoms with Crippen molar-refractivity contribution < 1.29 is 23.8 Å². The molecule has 2 N–H and O–H groups in total. The van der Waals surface area contributed by atoms with Gasteiger partial charge in [0.05, 0.1) is 12.8 Å². The van der Waals surface area contributed by atoms with Crippen LogP contribution in [-0.2, 0) is 0 Å². The first-order valence-corrected chi connectivity index (χ1v) is 8.75. The van der Waals surface area contributed by atoms with E-state index < -0.39 is 5.91 Å². The Hall–Kier alpha value is -4.07. The summed E-state index contributed by atoms with van der Waals surface area (Å²) >= 11 is 0. The van der Waals surface area contributed by atoms with Crippen LogP contribution in [-0.4, -0.2) is 30.7 Å². The quantitative estimate of drug-likeness (QED) is 0.692. The lowest BCUT2D eigenvalue weighted by molar-refractivity contribution is 0.102. The summed E-state index contributed by atoms with van der Waals surface area (Å²) in [7, 11) is 1.52. The third kappa shape index (κ3) is 3.96. The second kappa shape index (κ2) is 7.89. The molecule has 0 radical (unpaired) electrons. The van der Waals surface area contributed by atoms with Crippen LogP contribution in [0.1, 0.15) is 20.8 Å². The van der Waals surface area contributed by atoms with Crippen LogP contribution in [0.3, 0.4) is 0 Å². The fraction of sp³-hybridized carbons (Fsp3) is 0.0952. The van der Waals surface area contributed by atoms with E-state index >= 15 is 0 Å². The maximum absolute atomic E-state index is 12.6. The van der Waals surface area contributed by atoms with Crippen LogP contribution in [0.2, 0.25) is 0 Å². The van der Waals surface area contributed by atoms with Gasteiger partial charge in [0.2, 0.25) is 6.79 Å². The molecular formula is C21H17N3O5. The van der Waals surface area contributed by atoms with E-state index in [-0.39, 0.29) is 18.4 Å². The number of amides is 2. The topological polar surface area (TPSA) is 98.8 Å². The van der Waals surface area contributed by atoms with Crippen molar-refractivity contribution in [2.24, 2.45) is 0 Å². The van der Waals surface area contributed by atoms with Gasteiger partial charge >= 0.3 is 0 Å². The Morgan fingerprint density at radius 3 is 2.66 bits per heavy atom. The van der Waals surface area contributed by atoms with Gasteiger partial charge in [0.1, 0.15) is 11.4 Å². The predicted molar refractivity (Wildman–Crippen MR) is 106 cm³/mol. The summed E-state index contributed by atoms with van der Waals surface area (Å²) in [6.07, 6.45) is 1.41. The number of anilines is 2. The lowest BCUT2D eigenvalue weighted by atomic mass is 10.2. The van der Waals surface area contributed by atoms with Gasteiger partial charge in [-0.05, 0) is 36.4 Å². The molecule has 146 valence electrons. The molecule has 3 aromatic rings. The fourth-order valence-electron chi connectivity index (χ4n) is 2.81. The van der Waals surface area contributed by atoms with Crippen LogP contribution in [0.25, 0.3) is 0 Å². The molecule has 0 bridgehead atoms. The van der Waals surface area contributed by atoms with Crippen LogP contribution < -0.4 is 24.8 Å². The van der Waals surface area contributed by atoms with Crippen molar-refractivity contribution in [1.29, 1.82) is 0 Å². The molecule has 0 spiro atoms. The molecule has 29 heavy (non-hydrogen) atoms. The van der Waals surface area contributed by atoms with Crippen molar-refractivity contribution in [3.05, 3.63) is 72.1 Å². The Kier molecular flexibility index (Phi) is 4.98. The van der Waals surface area contributed by atoms with E-state index in [1.54, 1.807) is 42.5 Å². The van der Waals surface area contributed by atoms with Crippen LogP contribution in [0.15, 0.2) is 60.8 Å². The van der Waals surface area contributed by atoms with Crippen molar-refractivity contribution in [3.8, 4) is 17.2 Å². The minimum atomic E-state index is -0.448. The number of benzene rings is 2. The van der Waals surface area contributed by atoms with Crippen molar-refractivity contribution in [2.75, 3.05) is 24.5 Å². The number of rotatable bonds is 5.